The molecule has 2 N–H and O–H groups in total. The van der Waals surface area contributed by atoms with Crippen LogP contribution < -0.4 is 5.73 Å². The molecule has 2 nitrogen and oxygen atoms in total. The Hall–Kier alpha value is -0.258. The van der Waals surface area contributed by atoms with E-state index in [-0.39, 0.29) is 31.1 Å². The van der Waals surface area contributed by atoms with Crippen LogP contribution in [0.15, 0.2) is 41.1 Å². The summed E-state index contributed by atoms with van der Waals surface area (Å²) in [5, 5.41) is 0. The molecule has 98 valence electrons. The maximum Gasteiger partial charge on any atom is 0.0420 e. The maximum atomic E-state index is 5.67. The van der Waals surface area contributed by atoms with E-state index in [4.69, 9.17) is 5.73 Å². The molecule has 1 rings (SSSR count). The molecule has 0 heterocycles. The van der Waals surface area contributed by atoms with Crippen molar-refractivity contribution in [2.24, 2.45) is 16.6 Å². The van der Waals surface area contributed by atoms with Crippen LogP contribution >= 0.6 is 0 Å². The molecule has 3 heteroatoms. The van der Waals surface area contributed by atoms with Crippen LogP contribution in [0.4, 0.5) is 0 Å². The van der Waals surface area contributed by atoms with Gasteiger partial charge in [-0.2, -0.15) is 0 Å². The molecular weight excluding hydrogens is 446 g/mol. The fraction of sp³-hybridized carbons (Fsp3) is 0.533. The largest absolute Gasteiger partial charge is 0.404 e. The van der Waals surface area contributed by atoms with Crippen molar-refractivity contribution in [2.45, 2.75) is 39.5 Å². The first-order valence-electron chi connectivity index (χ1n) is 6.42. The van der Waals surface area contributed by atoms with Gasteiger partial charge in [-0.3, -0.25) is 4.99 Å². The van der Waals surface area contributed by atoms with Gasteiger partial charge < -0.3 is 5.73 Å². The van der Waals surface area contributed by atoms with Gasteiger partial charge in [0.15, 0.2) is 0 Å². The molecule has 1 aliphatic rings. The van der Waals surface area contributed by atoms with Gasteiger partial charge in [-0.25, -0.2) is 0 Å². The minimum absolute atomic E-state index is 0. The average molecular weight is 470 g/mol. The van der Waals surface area contributed by atoms with Gasteiger partial charge in [0.1, 0.15) is 0 Å². The van der Waals surface area contributed by atoms with Crippen molar-refractivity contribution in [1.29, 1.82) is 0 Å². The fourth-order valence-corrected chi connectivity index (χ4v) is 2.35. The van der Waals surface area contributed by atoms with Crippen LogP contribution in [0.5, 0.6) is 0 Å². The molecule has 0 saturated heterocycles. The molecule has 18 heavy (non-hydrogen) atoms. The second-order valence-corrected chi connectivity index (χ2v) is 4.74. The fourth-order valence-electron chi connectivity index (χ4n) is 2.35. The number of hydrogen-bond donors (Lipinski definition) is 1. The van der Waals surface area contributed by atoms with E-state index in [0.29, 0.717) is 0 Å². The second-order valence-electron chi connectivity index (χ2n) is 4.74. The van der Waals surface area contributed by atoms with Gasteiger partial charge >= 0.3 is 0 Å². The molecule has 1 aliphatic carbocycles. The van der Waals surface area contributed by atoms with Crippen LogP contribution in [-0.2, 0) is 0 Å². The summed E-state index contributed by atoms with van der Waals surface area (Å²) in [5.74, 6) is 0.785. The number of aliphatic imine (C=N–C) groups is 1. The standard InChI is InChI=1S/C15H24N2.U/c1-4-7-12(2)15(10-16)13(3)17-11-14-8-5-6-9-14;/h4,7,10,14H,1,5-6,8-9,11,16H2,2-3H3;/b12-7+,15-10-,17-13?;. The molecule has 0 aliphatic heterocycles. The van der Waals surface area contributed by atoms with Gasteiger partial charge in [0.25, 0.3) is 0 Å². The van der Waals surface area contributed by atoms with Crippen molar-refractivity contribution in [3.05, 3.63) is 36.1 Å². The molecule has 0 atom stereocenters. The number of rotatable bonds is 5. The normalized spacial score (nSPS) is 18.7. The van der Waals surface area contributed by atoms with E-state index in [1.807, 2.05) is 19.9 Å². The molecule has 0 radical (unpaired) electrons. The van der Waals surface area contributed by atoms with E-state index in [0.717, 1.165) is 29.3 Å². The summed E-state index contributed by atoms with van der Waals surface area (Å²) in [7, 11) is 0. The summed E-state index contributed by atoms with van der Waals surface area (Å²) in [5.41, 5.74) is 8.86. The van der Waals surface area contributed by atoms with Crippen LogP contribution in [-0.4, -0.2) is 12.3 Å². The Labute approximate surface area is 135 Å². The Morgan fingerprint density at radius 1 is 1.33 bits per heavy atom. The van der Waals surface area contributed by atoms with Crippen molar-refractivity contribution in [3.8, 4) is 0 Å². The Kier molecular flexibility index (Phi) is 9.51. The molecular formula is C15H24N2U. The van der Waals surface area contributed by atoms with Crippen LogP contribution in [0.3, 0.4) is 0 Å². The maximum absolute atomic E-state index is 5.67. The zero-order chi connectivity index (χ0) is 12.7. The van der Waals surface area contributed by atoms with E-state index in [1.165, 1.54) is 25.7 Å². The number of hydrogen-bond acceptors (Lipinski definition) is 2. The third kappa shape index (κ3) is 5.59. The molecule has 0 aromatic heterocycles. The zero-order valence-electron chi connectivity index (χ0n) is 11.6. The first kappa shape index (κ1) is 17.7. The Morgan fingerprint density at radius 2 is 1.94 bits per heavy atom. The smallest absolute Gasteiger partial charge is 0.0420 e. The van der Waals surface area contributed by atoms with Gasteiger partial charge in [-0.05, 0) is 38.2 Å². The Morgan fingerprint density at radius 3 is 2.44 bits per heavy atom. The number of nitrogens with two attached hydrogens (primary N) is 1. The zero-order valence-corrected chi connectivity index (χ0v) is 15.7. The van der Waals surface area contributed by atoms with Crippen molar-refractivity contribution < 1.29 is 31.1 Å². The predicted octanol–water partition coefficient (Wildman–Crippen LogP) is 3.61. The number of nitrogens with zero attached hydrogens (tertiary/aromatic N) is 1. The molecule has 0 bridgehead atoms. The molecule has 0 unspecified atom stereocenters. The Balaban J connectivity index is 0.00000289. The SMILES string of the molecule is C=C/C=C(C)/C(=C/N)C(C)=NCC1CCCC1.[U]. The van der Waals surface area contributed by atoms with E-state index in [9.17, 15) is 0 Å². The number of allylic oxidation sites excluding steroid dienone is 4. The molecule has 0 amide bonds. The molecule has 1 saturated carbocycles. The van der Waals surface area contributed by atoms with E-state index >= 15 is 0 Å². The van der Waals surface area contributed by atoms with Gasteiger partial charge in [-0.15, -0.1) is 0 Å². The van der Waals surface area contributed by atoms with E-state index < -0.39 is 0 Å². The molecule has 0 aromatic carbocycles. The Bertz CT molecular complexity index is 348. The average Bonchev–Trinajstić information content (AvgIpc) is 2.80. The van der Waals surface area contributed by atoms with Crippen LogP contribution in [0, 0.1) is 37.0 Å². The van der Waals surface area contributed by atoms with Gasteiger partial charge in [0.2, 0.25) is 0 Å². The topological polar surface area (TPSA) is 38.4 Å². The van der Waals surface area contributed by atoms with Gasteiger partial charge in [0, 0.05) is 55.1 Å². The van der Waals surface area contributed by atoms with Gasteiger partial charge in [-0.1, -0.05) is 31.6 Å². The first-order chi connectivity index (χ1) is 8.19. The van der Waals surface area contributed by atoms with E-state index in [1.54, 1.807) is 12.3 Å². The summed E-state index contributed by atoms with van der Waals surface area (Å²) in [6.45, 7) is 8.72. The third-order valence-electron chi connectivity index (χ3n) is 3.41. The monoisotopic (exact) mass is 470 g/mol. The summed E-state index contributed by atoms with van der Waals surface area (Å²) in [4.78, 5) is 4.67. The quantitative estimate of drug-likeness (QED) is 0.484. The summed E-state index contributed by atoms with van der Waals surface area (Å²) in [6.07, 6.45) is 10.8. The minimum atomic E-state index is 0. The molecule has 0 spiro atoms. The van der Waals surface area contributed by atoms with Crippen LogP contribution in [0.1, 0.15) is 39.5 Å². The van der Waals surface area contributed by atoms with Crippen LogP contribution in [0.2, 0.25) is 0 Å². The summed E-state index contributed by atoms with van der Waals surface area (Å²) >= 11 is 0. The summed E-state index contributed by atoms with van der Waals surface area (Å²) < 4.78 is 0. The van der Waals surface area contributed by atoms with Crippen molar-refractivity contribution in [1.82, 2.24) is 0 Å². The third-order valence-corrected chi connectivity index (χ3v) is 3.41. The van der Waals surface area contributed by atoms with Crippen molar-refractivity contribution in [3.63, 3.8) is 0 Å². The van der Waals surface area contributed by atoms with Crippen molar-refractivity contribution in [2.75, 3.05) is 6.54 Å². The van der Waals surface area contributed by atoms with Crippen LogP contribution in [0.25, 0.3) is 0 Å². The first-order valence-corrected chi connectivity index (χ1v) is 6.42. The van der Waals surface area contributed by atoms with Gasteiger partial charge in [0.05, 0.1) is 0 Å². The second kappa shape index (κ2) is 9.64. The van der Waals surface area contributed by atoms with Crippen molar-refractivity contribution >= 4 is 5.71 Å². The molecule has 0 aromatic rings. The summed E-state index contributed by atoms with van der Waals surface area (Å²) in [6, 6.07) is 0. The predicted molar refractivity (Wildman–Crippen MR) is 76.2 cm³/mol. The van der Waals surface area contributed by atoms with E-state index in [2.05, 4.69) is 11.6 Å². The minimum Gasteiger partial charge on any atom is -0.404 e. The molecule has 1 fully saturated rings.